The maximum absolute atomic E-state index is 13.8. The summed E-state index contributed by atoms with van der Waals surface area (Å²) in [5.74, 6) is 0.328. The molecule has 8 nitrogen and oxygen atoms in total. The van der Waals surface area contributed by atoms with Crippen LogP contribution in [0.25, 0.3) is 0 Å². The number of ether oxygens (including phenoxy) is 2. The van der Waals surface area contributed by atoms with Crippen molar-refractivity contribution in [3.05, 3.63) is 59.2 Å². The van der Waals surface area contributed by atoms with E-state index in [2.05, 4.69) is 45.2 Å². The third-order valence-electron chi connectivity index (χ3n) is 9.49. The Morgan fingerprint density at radius 2 is 2.00 bits per heavy atom. The van der Waals surface area contributed by atoms with Gasteiger partial charge >= 0.3 is 0 Å². The van der Waals surface area contributed by atoms with Crippen molar-refractivity contribution in [3.8, 4) is 5.75 Å². The van der Waals surface area contributed by atoms with E-state index >= 15 is 0 Å². The third kappa shape index (κ3) is 7.26. The molecule has 0 aromatic heterocycles. The Bertz CT molecular complexity index is 1430. The standard InChI is InChI=1S/C34H47N3O5S/c1-4-25-20-28(41-3)14-7-6-10-19-43(40,35-32(38)5-2)36-33(39)27-16-17-31-30(21-27)37(22-25)23-34(24-42-31)18-11-13-26-12-8-9-15-29(26)34/h8-9,12,15-17,21,25,28H,4-7,10-11,13-14,18-20,22-24H2,1-3H3,(H,35,36,38,39,40)/t25-,28+,34+,43?/m1/s1. The van der Waals surface area contributed by atoms with Gasteiger partial charge in [0, 0.05) is 37.6 Å². The Labute approximate surface area is 257 Å². The summed E-state index contributed by atoms with van der Waals surface area (Å²) in [7, 11) is -1.46. The first-order valence-corrected chi connectivity index (χ1v) is 17.7. The second-order valence-electron chi connectivity index (χ2n) is 12.5. The quantitative estimate of drug-likeness (QED) is 0.443. The zero-order chi connectivity index (χ0) is 30.5. The van der Waals surface area contributed by atoms with Gasteiger partial charge in [-0.25, -0.2) is 4.21 Å². The van der Waals surface area contributed by atoms with E-state index in [0.29, 0.717) is 24.5 Å². The van der Waals surface area contributed by atoms with Gasteiger partial charge in [0.25, 0.3) is 5.91 Å². The molecule has 2 amide bonds. The molecule has 1 N–H and O–H groups in total. The van der Waals surface area contributed by atoms with Crippen LogP contribution in [0.15, 0.2) is 46.8 Å². The number of nitrogens with zero attached hydrogens (tertiary/aromatic N) is 2. The molecule has 2 heterocycles. The van der Waals surface area contributed by atoms with Crippen LogP contribution in [0.4, 0.5) is 5.69 Å². The zero-order valence-electron chi connectivity index (χ0n) is 25.9. The van der Waals surface area contributed by atoms with Gasteiger partial charge in [0.1, 0.15) is 15.7 Å². The fourth-order valence-corrected chi connectivity index (χ4v) is 8.71. The van der Waals surface area contributed by atoms with Crippen LogP contribution in [0.3, 0.4) is 0 Å². The van der Waals surface area contributed by atoms with Crippen LogP contribution in [0.2, 0.25) is 0 Å². The smallest absolute Gasteiger partial charge is 0.286 e. The van der Waals surface area contributed by atoms with Gasteiger partial charge in [0.15, 0.2) is 0 Å². The number of rotatable bonds is 4. The molecular formula is C34H47N3O5S. The average molecular weight is 610 g/mol. The van der Waals surface area contributed by atoms with Gasteiger partial charge in [0.05, 0.1) is 24.2 Å². The lowest BCUT2D eigenvalue weighted by atomic mass is 9.70. The zero-order valence-corrected chi connectivity index (χ0v) is 26.8. The molecule has 5 rings (SSSR count). The number of hydrogen-bond acceptors (Lipinski definition) is 6. The molecule has 4 atom stereocenters. The molecule has 2 aromatic rings. The highest BCUT2D eigenvalue weighted by atomic mass is 32.2. The SMILES string of the molecule is CCC(=O)NS1(=O)=NC(=O)c2ccc3c(c2)N(C[C@H](CC)C[C@@H](OC)CCCCC1)C[C@@]1(CCCc2ccccc21)CO3. The molecule has 3 aliphatic rings. The largest absolute Gasteiger partial charge is 0.490 e. The lowest BCUT2D eigenvalue weighted by Gasteiger charge is -2.41. The van der Waals surface area contributed by atoms with Crippen LogP contribution in [0, 0.1) is 5.92 Å². The highest BCUT2D eigenvalue weighted by Crippen LogP contribution is 2.44. The molecule has 0 saturated heterocycles. The number of carbonyl (C=O) groups is 2. The predicted octanol–water partition coefficient (Wildman–Crippen LogP) is 6.21. The lowest BCUT2D eigenvalue weighted by molar-refractivity contribution is -0.118. The van der Waals surface area contributed by atoms with Gasteiger partial charge in [-0.3, -0.25) is 14.3 Å². The molecule has 2 bridgehead atoms. The van der Waals surface area contributed by atoms with Gasteiger partial charge in [-0.05, 0) is 73.8 Å². The fourth-order valence-electron chi connectivity index (χ4n) is 7.00. The fraction of sp³-hybridized carbons (Fsp3) is 0.588. The molecule has 0 saturated carbocycles. The van der Waals surface area contributed by atoms with Crippen molar-refractivity contribution in [2.45, 2.75) is 89.6 Å². The Kier molecular flexibility index (Phi) is 10.1. The van der Waals surface area contributed by atoms with Gasteiger partial charge in [-0.1, -0.05) is 57.4 Å². The lowest BCUT2D eigenvalue weighted by Crippen LogP contribution is -2.47. The predicted molar refractivity (Wildman–Crippen MR) is 171 cm³/mol. The molecule has 0 radical (unpaired) electrons. The molecule has 9 heteroatoms. The first kappa shape index (κ1) is 31.5. The third-order valence-corrected chi connectivity index (χ3v) is 11.3. The van der Waals surface area contributed by atoms with Crippen LogP contribution in [0.5, 0.6) is 5.75 Å². The van der Waals surface area contributed by atoms with E-state index in [1.54, 1.807) is 20.1 Å². The van der Waals surface area contributed by atoms with Crippen molar-refractivity contribution >= 4 is 27.4 Å². The summed E-state index contributed by atoms with van der Waals surface area (Å²) >= 11 is 0. The Morgan fingerprint density at radius 3 is 2.79 bits per heavy atom. The molecule has 1 aliphatic carbocycles. The second-order valence-corrected chi connectivity index (χ2v) is 14.6. The number of anilines is 1. The van der Waals surface area contributed by atoms with E-state index in [4.69, 9.17) is 9.47 Å². The number of benzene rings is 2. The summed E-state index contributed by atoms with van der Waals surface area (Å²) in [6.07, 6.45) is 8.73. The maximum atomic E-state index is 13.8. The van der Waals surface area contributed by atoms with E-state index in [1.807, 2.05) is 12.1 Å². The van der Waals surface area contributed by atoms with E-state index in [1.165, 1.54) is 11.1 Å². The number of hydrogen-bond donors (Lipinski definition) is 1. The summed E-state index contributed by atoms with van der Waals surface area (Å²) in [6, 6.07) is 14.2. The number of aryl methyl sites for hydroxylation is 1. The molecule has 234 valence electrons. The Hall–Kier alpha value is -2.91. The Balaban J connectivity index is 1.59. The summed E-state index contributed by atoms with van der Waals surface area (Å²) < 4.78 is 33.1. The highest BCUT2D eigenvalue weighted by molar-refractivity contribution is 7.92. The average Bonchev–Trinajstić information content (AvgIpc) is 3.16. The van der Waals surface area contributed by atoms with Gasteiger partial charge in [0.2, 0.25) is 5.91 Å². The van der Waals surface area contributed by atoms with Crippen molar-refractivity contribution in [3.63, 3.8) is 0 Å². The summed E-state index contributed by atoms with van der Waals surface area (Å²) in [4.78, 5) is 28.2. The molecule has 1 spiro atoms. The molecular weight excluding hydrogens is 562 g/mol. The minimum Gasteiger partial charge on any atom is -0.490 e. The first-order chi connectivity index (χ1) is 20.8. The van der Waals surface area contributed by atoms with Crippen LogP contribution >= 0.6 is 0 Å². The molecule has 0 fully saturated rings. The number of amides is 2. The number of fused-ring (bicyclic) bond motifs is 3. The monoisotopic (exact) mass is 609 g/mol. The second kappa shape index (κ2) is 13.8. The van der Waals surface area contributed by atoms with Crippen molar-refractivity contribution in [2.24, 2.45) is 10.3 Å². The maximum Gasteiger partial charge on any atom is 0.286 e. The molecule has 2 aromatic carbocycles. The minimum atomic E-state index is -3.26. The molecule has 43 heavy (non-hydrogen) atoms. The van der Waals surface area contributed by atoms with Crippen LogP contribution in [-0.4, -0.2) is 54.7 Å². The van der Waals surface area contributed by atoms with Crippen molar-refractivity contribution in [2.75, 3.05) is 37.5 Å². The van der Waals surface area contributed by atoms with Crippen LogP contribution in [-0.2, 0) is 31.3 Å². The van der Waals surface area contributed by atoms with Crippen molar-refractivity contribution in [1.82, 2.24) is 4.72 Å². The number of carbonyl (C=O) groups excluding carboxylic acids is 2. The van der Waals surface area contributed by atoms with E-state index in [9.17, 15) is 13.8 Å². The molecule has 2 aliphatic heterocycles. The van der Waals surface area contributed by atoms with Gasteiger partial charge in [-0.2, -0.15) is 0 Å². The Morgan fingerprint density at radius 1 is 1.16 bits per heavy atom. The van der Waals surface area contributed by atoms with Crippen LogP contribution in [0.1, 0.15) is 93.1 Å². The topological polar surface area (TPSA) is 97.3 Å². The van der Waals surface area contributed by atoms with Gasteiger partial charge < -0.3 is 14.4 Å². The number of methoxy groups -OCH3 is 1. The number of nitrogens with one attached hydrogen (secondary N) is 1. The van der Waals surface area contributed by atoms with E-state index in [0.717, 1.165) is 75.9 Å². The van der Waals surface area contributed by atoms with Crippen LogP contribution < -0.4 is 14.4 Å². The molecule has 1 unspecified atom stereocenters. The summed E-state index contributed by atoms with van der Waals surface area (Å²) in [5.41, 5.74) is 3.80. The first-order valence-electron chi connectivity index (χ1n) is 16.0. The van der Waals surface area contributed by atoms with Gasteiger partial charge in [-0.15, -0.1) is 4.36 Å². The highest BCUT2D eigenvalue weighted by Gasteiger charge is 2.42. The summed E-state index contributed by atoms with van der Waals surface area (Å²) in [5, 5.41) is 0. The van der Waals surface area contributed by atoms with Crippen molar-refractivity contribution < 1.29 is 23.3 Å². The summed E-state index contributed by atoms with van der Waals surface area (Å²) in [6.45, 7) is 6.11. The van der Waals surface area contributed by atoms with E-state index in [-0.39, 0.29) is 29.6 Å². The van der Waals surface area contributed by atoms with Crippen molar-refractivity contribution in [1.29, 1.82) is 0 Å². The minimum absolute atomic E-state index is 0.131. The normalized spacial score (nSPS) is 28.3. The van der Waals surface area contributed by atoms with E-state index < -0.39 is 15.8 Å².